The number of hydrogen-bond acceptors (Lipinski definition) is 7. The average Bonchev–Trinajstić information content (AvgIpc) is 3.27. The summed E-state index contributed by atoms with van der Waals surface area (Å²) >= 11 is 0. The Morgan fingerprint density at radius 3 is 2.40 bits per heavy atom. The molecule has 8 nitrogen and oxygen atoms in total. The van der Waals surface area contributed by atoms with Crippen LogP contribution in [0.25, 0.3) is 0 Å². The maximum atomic E-state index is 4.85. The lowest BCUT2D eigenvalue weighted by Gasteiger charge is -2.34. The number of rotatable bonds is 4. The minimum Gasteiger partial charge on any atom is -0.356 e. The fourth-order valence-corrected chi connectivity index (χ4v) is 3.59. The predicted molar refractivity (Wildman–Crippen MR) is 96.7 cm³/mol. The Kier molecular flexibility index (Phi) is 4.52. The van der Waals surface area contributed by atoms with E-state index in [1.54, 1.807) is 4.68 Å². The summed E-state index contributed by atoms with van der Waals surface area (Å²) in [7, 11) is 1.90. The number of aryl methyl sites for hydroxylation is 2. The van der Waals surface area contributed by atoms with Crippen LogP contribution in [0, 0.1) is 6.92 Å². The van der Waals surface area contributed by atoms with Crippen molar-refractivity contribution in [1.82, 2.24) is 29.9 Å². The summed E-state index contributed by atoms with van der Waals surface area (Å²) in [6, 6.07) is 2.11. The summed E-state index contributed by atoms with van der Waals surface area (Å²) in [6.45, 7) is 9.03. The van der Waals surface area contributed by atoms with E-state index in [9.17, 15) is 0 Å². The zero-order valence-electron chi connectivity index (χ0n) is 15.1. The van der Waals surface area contributed by atoms with Crippen LogP contribution in [0.5, 0.6) is 0 Å². The first-order valence-corrected chi connectivity index (χ1v) is 9.10. The van der Waals surface area contributed by atoms with E-state index in [1.165, 1.54) is 12.8 Å². The van der Waals surface area contributed by atoms with Crippen LogP contribution in [0.1, 0.15) is 24.2 Å². The lowest BCUT2D eigenvalue weighted by atomic mass is 10.3. The molecule has 0 radical (unpaired) electrons. The lowest BCUT2D eigenvalue weighted by molar-refractivity contribution is 0.246. The second-order valence-electron chi connectivity index (χ2n) is 7.01. The minimum absolute atomic E-state index is 0.857. The highest BCUT2D eigenvalue weighted by Crippen LogP contribution is 2.22. The molecular weight excluding hydrogens is 316 g/mol. The second-order valence-corrected chi connectivity index (χ2v) is 7.01. The van der Waals surface area contributed by atoms with Gasteiger partial charge in [-0.3, -0.25) is 9.58 Å². The first kappa shape index (κ1) is 16.3. The van der Waals surface area contributed by atoms with Crippen molar-refractivity contribution in [3.8, 4) is 0 Å². The normalized spacial score (nSPS) is 19.0. The Labute approximate surface area is 148 Å². The second kappa shape index (κ2) is 6.95. The van der Waals surface area contributed by atoms with Gasteiger partial charge < -0.3 is 9.80 Å². The molecule has 0 unspecified atom stereocenters. The summed E-state index contributed by atoms with van der Waals surface area (Å²) in [5, 5.41) is 8.19. The van der Waals surface area contributed by atoms with Gasteiger partial charge in [0.2, 0.25) is 5.95 Å². The van der Waals surface area contributed by atoms with Gasteiger partial charge in [0, 0.05) is 70.8 Å². The molecule has 25 heavy (non-hydrogen) atoms. The molecule has 4 rings (SSSR count). The minimum atomic E-state index is 0.857. The van der Waals surface area contributed by atoms with Crippen molar-refractivity contribution < 1.29 is 0 Å². The van der Waals surface area contributed by atoms with Crippen LogP contribution < -0.4 is 9.80 Å². The van der Waals surface area contributed by atoms with Crippen LogP contribution in [-0.2, 0) is 13.6 Å². The zero-order valence-corrected chi connectivity index (χ0v) is 15.1. The van der Waals surface area contributed by atoms with Crippen molar-refractivity contribution in [2.75, 3.05) is 49.1 Å². The van der Waals surface area contributed by atoms with Gasteiger partial charge in [-0.15, -0.1) is 5.10 Å². The van der Waals surface area contributed by atoms with Gasteiger partial charge in [-0.05, 0) is 19.8 Å². The number of hydrogen-bond donors (Lipinski definition) is 0. The highest BCUT2D eigenvalue weighted by atomic mass is 15.4. The summed E-state index contributed by atoms with van der Waals surface area (Å²) in [5.41, 5.74) is 2.08. The average molecular weight is 342 g/mol. The molecule has 0 saturated carbocycles. The number of aromatic nitrogens is 5. The fourth-order valence-electron chi connectivity index (χ4n) is 3.59. The maximum Gasteiger partial charge on any atom is 0.227 e. The van der Waals surface area contributed by atoms with Gasteiger partial charge in [0.15, 0.2) is 0 Å². The Balaban J connectivity index is 1.40. The van der Waals surface area contributed by atoms with E-state index in [0.29, 0.717) is 0 Å². The molecule has 0 amide bonds. The zero-order chi connectivity index (χ0) is 17.2. The quantitative estimate of drug-likeness (QED) is 0.815. The summed E-state index contributed by atoms with van der Waals surface area (Å²) < 4.78 is 1.76. The standard InChI is InChI=1S/C17H26N8/c1-14-11-16(24-5-3-4-6-24)19-17(18-14)25-9-7-23(8-10-25)13-15-12-22(2)21-20-15/h11-12H,3-10,13H2,1-2H3. The molecule has 2 aromatic rings. The third-order valence-corrected chi connectivity index (χ3v) is 4.95. The molecule has 0 aliphatic carbocycles. The van der Waals surface area contributed by atoms with E-state index < -0.39 is 0 Å². The SMILES string of the molecule is Cc1cc(N2CCCC2)nc(N2CCN(Cc3cn(C)nn3)CC2)n1. The van der Waals surface area contributed by atoms with Crippen molar-refractivity contribution >= 4 is 11.8 Å². The van der Waals surface area contributed by atoms with Crippen molar-refractivity contribution in [3.05, 3.63) is 23.7 Å². The highest BCUT2D eigenvalue weighted by Gasteiger charge is 2.22. The molecule has 2 saturated heterocycles. The molecular formula is C17H26N8. The molecule has 8 heteroatoms. The summed E-state index contributed by atoms with van der Waals surface area (Å²) in [5.74, 6) is 1.96. The third-order valence-electron chi connectivity index (χ3n) is 4.95. The molecule has 2 aliphatic heterocycles. The molecule has 0 aromatic carbocycles. The third kappa shape index (κ3) is 3.73. The van der Waals surface area contributed by atoms with E-state index in [2.05, 4.69) is 43.0 Å². The van der Waals surface area contributed by atoms with E-state index in [0.717, 1.165) is 69.0 Å². The van der Waals surface area contributed by atoms with Gasteiger partial charge in [-0.25, -0.2) is 4.98 Å². The van der Waals surface area contributed by atoms with Gasteiger partial charge in [0.05, 0.1) is 5.69 Å². The van der Waals surface area contributed by atoms with Gasteiger partial charge in [0.1, 0.15) is 5.82 Å². The first-order chi connectivity index (χ1) is 12.2. The van der Waals surface area contributed by atoms with Crippen molar-refractivity contribution in [1.29, 1.82) is 0 Å². The molecule has 2 aliphatic rings. The number of piperazine rings is 1. The Hall–Kier alpha value is -2.22. The van der Waals surface area contributed by atoms with Crippen molar-refractivity contribution in [3.63, 3.8) is 0 Å². The van der Waals surface area contributed by atoms with Gasteiger partial charge in [0.25, 0.3) is 0 Å². The van der Waals surface area contributed by atoms with Gasteiger partial charge in [-0.2, -0.15) is 4.98 Å². The highest BCUT2D eigenvalue weighted by molar-refractivity contribution is 5.46. The van der Waals surface area contributed by atoms with Gasteiger partial charge in [-0.1, -0.05) is 5.21 Å². The smallest absolute Gasteiger partial charge is 0.227 e. The molecule has 0 N–H and O–H groups in total. The Bertz CT molecular complexity index is 713. The lowest BCUT2D eigenvalue weighted by Crippen LogP contribution is -2.46. The van der Waals surface area contributed by atoms with Crippen LogP contribution in [0.4, 0.5) is 11.8 Å². The maximum absolute atomic E-state index is 4.85. The van der Waals surface area contributed by atoms with Crippen LogP contribution in [0.2, 0.25) is 0 Å². The molecule has 0 atom stereocenters. The summed E-state index contributed by atoms with van der Waals surface area (Å²) in [4.78, 5) is 16.6. The molecule has 2 aromatic heterocycles. The fraction of sp³-hybridized carbons (Fsp3) is 0.647. The van der Waals surface area contributed by atoms with Crippen LogP contribution in [-0.4, -0.2) is 69.1 Å². The largest absolute Gasteiger partial charge is 0.356 e. The topological polar surface area (TPSA) is 66.2 Å². The number of nitrogens with zero attached hydrogens (tertiary/aromatic N) is 8. The molecule has 2 fully saturated rings. The van der Waals surface area contributed by atoms with Crippen molar-refractivity contribution in [2.24, 2.45) is 7.05 Å². The van der Waals surface area contributed by atoms with Gasteiger partial charge >= 0.3 is 0 Å². The van der Waals surface area contributed by atoms with E-state index in [4.69, 9.17) is 4.98 Å². The van der Waals surface area contributed by atoms with Crippen LogP contribution in [0.3, 0.4) is 0 Å². The monoisotopic (exact) mass is 342 g/mol. The van der Waals surface area contributed by atoms with E-state index in [-0.39, 0.29) is 0 Å². The number of anilines is 2. The van der Waals surface area contributed by atoms with Crippen LogP contribution >= 0.6 is 0 Å². The molecule has 0 spiro atoms. The molecule has 134 valence electrons. The van der Waals surface area contributed by atoms with Crippen LogP contribution in [0.15, 0.2) is 12.3 Å². The molecule has 0 bridgehead atoms. The Morgan fingerprint density at radius 1 is 0.960 bits per heavy atom. The van der Waals surface area contributed by atoms with E-state index >= 15 is 0 Å². The first-order valence-electron chi connectivity index (χ1n) is 9.10. The predicted octanol–water partition coefficient (Wildman–Crippen LogP) is 0.836. The summed E-state index contributed by atoms with van der Waals surface area (Å²) in [6.07, 6.45) is 4.51. The Morgan fingerprint density at radius 2 is 1.72 bits per heavy atom. The molecule has 4 heterocycles. The van der Waals surface area contributed by atoms with E-state index in [1.807, 2.05) is 13.2 Å². The van der Waals surface area contributed by atoms with Crippen molar-refractivity contribution in [2.45, 2.75) is 26.3 Å².